The molecule has 24 heavy (non-hydrogen) atoms. The van der Waals surface area contributed by atoms with Gasteiger partial charge in [-0.05, 0) is 11.5 Å². The average Bonchev–Trinajstić information content (AvgIpc) is 2.56. The molecule has 2 rings (SSSR count). The molecule has 6 heteroatoms. The molecule has 1 aliphatic heterocycles. The van der Waals surface area contributed by atoms with Crippen molar-refractivity contribution in [3.8, 4) is 0 Å². The fraction of sp³-hybridized carbons (Fsp3) is 0.444. The van der Waals surface area contributed by atoms with Crippen LogP contribution in [0, 0.1) is 5.92 Å². The number of imide groups is 2. The largest absolute Gasteiger partial charge is 0.275 e. The number of amides is 4. The fourth-order valence-electron chi connectivity index (χ4n) is 2.79. The molecule has 1 unspecified atom stereocenters. The van der Waals surface area contributed by atoms with Gasteiger partial charge in [0.15, 0.2) is 0 Å². The highest BCUT2D eigenvalue weighted by atomic mass is 16.2. The number of hydrogen-bond donors (Lipinski definition) is 0. The Labute approximate surface area is 144 Å². The number of carbonyl (C=O) groups excluding carboxylic acids is 4. The van der Waals surface area contributed by atoms with Crippen LogP contribution in [0.5, 0.6) is 0 Å². The second-order valence-electron chi connectivity index (χ2n) is 6.02. The van der Waals surface area contributed by atoms with Crippen LogP contribution in [-0.2, 0) is 25.6 Å². The second kappa shape index (κ2) is 6.95. The average molecular weight is 332 g/mol. The number of piperazine rings is 1. The first-order valence-corrected chi connectivity index (χ1v) is 7.71. The van der Waals surface area contributed by atoms with Crippen molar-refractivity contribution < 1.29 is 21.9 Å². The number of benzene rings is 1. The van der Waals surface area contributed by atoms with Crippen molar-refractivity contribution >= 4 is 23.6 Å². The summed E-state index contributed by atoms with van der Waals surface area (Å²) >= 11 is 0. The highest BCUT2D eigenvalue weighted by Crippen LogP contribution is 2.26. The maximum absolute atomic E-state index is 13.1. The molecular formula is C18H22N2O4. The van der Waals surface area contributed by atoms with Crippen LogP contribution >= 0.6 is 0 Å². The van der Waals surface area contributed by atoms with Gasteiger partial charge in [-0.3, -0.25) is 29.0 Å². The summed E-state index contributed by atoms with van der Waals surface area (Å²) in [5.41, 5.74) is 0.293. The second-order valence-corrected chi connectivity index (χ2v) is 6.02. The molecule has 0 spiro atoms. The summed E-state index contributed by atoms with van der Waals surface area (Å²) in [6.07, 6.45) is -1.56. The normalized spacial score (nSPS) is 27.0. The SMILES string of the molecule is [2H]C(c1ccccc1)[C@@]1([2H])C(=O)N(C(C)=O)[C@@H](C(C)C)C(=O)N1C(C)=O. The number of rotatable bonds is 3. The Morgan fingerprint density at radius 1 is 1.08 bits per heavy atom. The van der Waals surface area contributed by atoms with Crippen LogP contribution in [-0.4, -0.2) is 45.5 Å². The van der Waals surface area contributed by atoms with Gasteiger partial charge in [0.25, 0.3) is 11.8 Å². The van der Waals surface area contributed by atoms with E-state index in [0.29, 0.717) is 10.5 Å². The van der Waals surface area contributed by atoms with E-state index in [1.165, 1.54) is 12.1 Å². The Kier molecular flexibility index (Phi) is 4.36. The lowest BCUT2D eigenvalue weighted by molar-refractivity contribution is -0.172. The Morgan fingerprint density at radius 2 is 1.62 bits per heavy atom. The summed E-state index contributed by atoms with van der Waals surface area (Å²) in [5, 5.41) is 0. The van der Waals surface area contributed by atoms with Crippen LogP contribution in [0.2, 0.25) is 0 Å². The van der Waals surface area contributed by atoms with Gasteiger partial charge in [-0.2, -0.15) is 0 Å². The lowest BCUT2D eigenvalue weighted by Crippen LogP contribution is -2.68. The third-order valence-corrected chi connectivity index (χ3v) is 3.82. The summed E-state index contributed by atoms with van der Waals surface area (Å²) in [6, 6.07) is 4.32. The Bertz CT molecular complexity index is 753. The molecule has 1 saturated heterocycles. The molecule has 0 saturated carbocycles. The molecule has 3 atom stereocenters. The van der Waals surface area contributed by atoms with Gasteiger partial charge < -0.3 is 0 Å². The van der Waals surface area contributed by atoms with Gasteiger partial charge in [0, 0.05) is 21.6 Å². The number of nitrogens with zero attached hydrogens (tertiary/aromatic N) is 2. The third-order valence-electron chi connectivity index (χ3n) is 3.82. The maximum Gasteiger partial charge on any atom is 0.253 e. The van der Waals surface area contributed by atoms with Crippen molar-refractivity contribution in [2.24, 2.45) is 5.92 Å². The molecule has 4 amide bonds. The quantitative estimate of drug-likeness (QED) is 0.838. The van der Waals surface area contributed by atoms with Crippen molar-refractivity contribution in [2.75, 3.05) is 0 Å². The molecule has 0 radical (unpaired) electrons. The Hall–Kier alpha value is -2.50. The van der Waals surface area contributed by atoms with E-state index in [2.05, 4.69) is 0 Å². The minimum Gasteiger partial charge on any atom is -0.275 e. The fourth-order valence-corrected chi connectivity index (χ4v) is 2.79. The predicted molar refractivity (Wildman–Crippen MR) is 87.6 cm³/mol. The monoisotopic (exact) mass is 332 g/mol. The first kappa shape index (κ1) is 15.1. The smallest absolute Gasteiger partial charge is 0.253 e. The minimum atomic E-state index is -2.55. The summed E-state index contributed by atoms with van der Waals surface area (Å²) in [7, 11) is 0. The van der Waals surface area contributed by atoms with Gasteiger partial charge >= 0.3 is 0 Å². The van der Waals surface area contributed by atoms with Gasteiger partial charge in [-0.1, -0.05) is 44.2 Å². The van der Waals surface area contributed by atoms with Crippen molar-refractivity contribution in [1.29, 1.82) is 0 Å². The highest BCUT2D eigenvalue weighted by molar-refractivity contribution is 6.11. The van der Waals surface area contributed by atoms with E-state index in [4.69, 9.17) is 2.74 Å². The molecule has 1 fully saturated rings. The van der Waals surface area contributed by atoms with Gasteiger partial charge in [0.05, 0.1) is 1.37 Å². The summed E-state index contributed by atoms with van der Waals surface area (Å²) in [6.45, 7) is 5.51. The molecule has 6 nitrogen and oxygen atoms in total. The zero-order chi connectivity index (χ0) is 19.8. The molecule has 1 aliphatic rings. The lowest BCUT2D eigenvalue weighted by Gasteiger charge is -2.43. The molecule has 0 aliphatic carbocycles. The van der Waals surface area contributed by atoms with E-state index in [1.54, 1.807) is 32.0 Å². The van der Waals surface area contributed by atoms with E-state index >= 15 is 0 Å². The standard InChI is InChI=1S/C18H22N2O4/c1-11(2)16-18(24)19(12(3)21)15(17(23)20(16)13(4)22)10-14-8-6-5-7-9-14/h5-9,11,15-16H,10H2,1-4H3/t15-,16-/m0/s1/i10D,15D/t10?,15-,16-. The molecule has 0 N–H and O–H groups in total. The lowest BCUT2D eigenvalue weighted by atomic mass is 9.92. The number of carbonyl (C=O) groups is 4. The molecule has 0 bridgehead atoms. The van der Waals surface area contributed by atoms with Crippen LogP contribution in [0.1, 0.15) is 36.0 Å². The van der Waals surface area contributed by atoms with Gasteiger partial charge in [0.1, 0.15) is 12.1 Å². The van der Waals surface area contributed by atoms with Crippen LogP contribution in [0.4, 0.5) is 0 Å². The van der Waals surface area contributed by atoms with Crippen LogP contribution in [0.3, 0.4) is 0 Å². The van der Waals surface area contributed by atoms with Gasteiger partial charge in [-0.15, -0.1) is 0 Å². The third kappa shape index (κ3) is 3.22. The molecule has 1 aromatic rings. The molecular weight excluding hydrogens is 308 g/mol. The van der Waals surface area contributed by atoms with Gasteiger partial charge in [0.2, 0.25) is 11.8 Å². The maximum atomic E-state index is 13.1. The minimum absolute atomic E-state index is 0.293. The van der Waals surface area contributed by atoms with Crippen LogP contribution in [0.15, 0.2) is 30.3 Å². The van der Waals surface area contributed by atoms with E-state index in [0.717, 1.165) is 18.7 Å². The van der Waals surface area contributed by atoms with Crippen LogP contribution in [0.25, 0.3) is 0 Å². The van der Waals surface area contributed by atoms with Crippen molar-refractivity contribution in [1.82, 2.24) is 9.80 Å². The first-order valence-electron chi connectivity index (χ1n) is 8.78. The summed E-state index contributed by atoms with van der Waals surface area (Å²) in [4.78, 5) is 51.7. The van der Waals surface area contributed by atoms with E-state index in [9.17, 15) is 19.2 Å². The molecule has 1 heterocycles. The zero-order valence-corrected chi connectivity index (χ0v) is 14.1. The topological polar surface area (TPSA) is 74.8 Å². The van der Waals surface area contributed by atoms with E-state index in [1.807, 2.05) is 0 Å². The van der Waals surface area contributed by atoms with Crippen molar-refractivity contribution in [3.05, 3.63) is 35.9 Å². The summed E-state index contributed by atoms with van der Waals surface area (Å²) < 4.78 is 17.2. The van der Waals surface area contributed by atoms with Crippen molar-refractivity contribution in [3.63, 3.8) is 0 Å². The molecule has 1 aromatic carbocycles. The van der Waals surface area contributed by atoms with Gasteiger partial charge in [-0.25, -0.2) is 0 Å². The molecule has 0 aromatic heterocycles. The Morgan fingerprint density at radius 3 is 2.08 bits per heavy atom. The first-order chi connectivity index (χ1) is 12.0. The Balaban J connectivity index is 2.68. The summed E-state index contributed by atoms with van der Waals surface area (Å²) in [5.74, 6) is -3.79. The van der Waals surface area contributed by atoms with E-state index < -0.39 is 48.0 Å². The van der Waals surface area contributed by atoms with E-state index in [-0.39, 0.29) is 0 Å². The zero-order valence-electron chi connectivity index (χ0n) is 16.1. The molecule has 128 valence electrons. The highest BCUT2D eigenvalue weighted by Gasteiger charge is 2.50. The van der Waals surface area contributed by atoms with Crippen molar-refractivity contribution in [2.45, 2.75) is 46.2 Å². The number of hydrogen-bond acceptors (Lipinski definition) is 4. The predicted octanol–water partition coefficient (Wildman–Crippen LogP) is 1.39. The van der Waals surface area contributed by atoms with Crippen LogP contribution < -0.4 is 0 Å².